The molecule has 150 valence electrons. The molecule has 0 aliphatic carbocycles. The molecule has 4 rings (SSSR count). The van der Waals surface area contributed by atoms with Crippen LogP contribution in [0.2, 0.25) is 0 Å². The minimum atomic E-state index is -0.416. The number of benzene rings is 4. The second-order valence-corrected chi connectivity index (χ2v) is 6.84. The highest BCUT2D eigenvalue weighted by Crippen LogP contribution is 2.30. The minimum absolute atomic E-state index is 0.0331. The van der Waals surface area contributed by atoms with Crippen molar-refractivity contribution >= 4 is 22.1 Å². The van der Waals surface area contributed by atoms with Gasteiger partial charge in [-0.2, -0.15) is 0 Å². The van der Waals surface area contributed by atoms with Crippen molar-refractivity contribution in [1.82, 2.24) is 0 Å². The molecule has 0 fully saturated rings. The molecule has 0 unspecified atom stereocenters. The Labute approximate surface area is 172 Å². The number of rotatable bonds is 7. The average Bonchev–Trinajstić information content (AvgIpc) is 2.77. The van der Waals surface area contributed by atoms with E-state index in [0.717, 1.165) is 21.9 Å². The van der Waals surface area contributed by atoms with Crippen molar-refractivity contribution < 1.29 is 14.1 Å². The first-order valence-corrected chi connectivity index (χ1v) is 9.46. The lowest BCUT2D eigenvalue weighted by Crippen LogP contribution is -2.05. The number of nitro benzene ring substituents is 1. The summed E-state index contributed by atoms with van der Waals surface area (Å²) in [4.78, 5) is 10.6. The summed E-state index contributed by atoms with van der Waals surface area (Å²) in [5.41, 5.74) is 2.50. The monoisotopic (exact) mass is 402 g/mol. The summed E-state index contributed by atoms with van der Waals surface area (Å²) in [6.07, 6.45) is 0. The van der Waals surface area contributed by atoms with Gasteiger partial charge in [-0.25, -0.2) is 4.39 Å². The van der Waals surface area contributed by atoms with Gasteiger partial charge in [0.15, 0.2) is 0 Å². The van der Waals surface area contributed by atoms with Gasteiger partial charge in [0.05, 0.1) is 4.92 Å². The van der Waals surface area contributed by atoms with Crippen molar-refractivity contribution in [3.8, 4) is 5.75 Å². The van der Waals surface area contributed by atoms with Crippen molar-refractivity contribution in [2.45, 2.75) is 13.2 Å². The normalized spacial score (nSPS) is 10.7. The molecule has 0 bridgehead atoms. The first-order chi connectivity index (χ1) is 14.6. The van der Waals surface area contributed by atoms with Crippen LogP contribution in [0.4, 0.5) is 15.8 Å². The molecule has 0 heterocycles. The second-order valence-electron chi connectivity index (χ2n) is 6.84. The van der Waals surface area contributed by atoms with E-state index in [2.05, 4.69) is 5.32 Å². The highest BCUT2D eigenvalue weighted by atomic mass is 19.1. The fourth-order valence-electron chi connectivity index (χ4n) is 3.30. The summed E-state index contributed by atoms with van der Waals surface area (Å²) in [6, 6.07) is 24.5. The van der Waals surface area contributed by atoms with Gasteiger partial charge in [-0.15, -0.1) is 0 Å². The van der Waals surface area contributed by atoms with Crippen molar-refractivity contribution in [3.05, 3.63) is 112 Å². The number of hydrogen-bond donors (Lipinski definition) is 1. The van der Waals surface area contributed by atoms with E-state index in [1.165, 1.54) is 24.3 Å². The molecule has 0 atom stereocenters. The molecule has 0 spiro atoms. The standard InChI is InChI=1S/C24H19FN2O3/c25-19-11-8-17(9-12-19)16-30-24-13-10-18-4-1-2-7-22(18)23(24)15-26-20-5-3-6-21(14-20)27(28)29/h1-14,26H,15-16H2. The van der Waals surface area contributed by atoms with E-state index in [1.54, 1.807) is 24.3 Å². The van der Waals surface area contributed by atoms with E-state index in [0.29, 0.717) is 24.6 Å². The zero-order valence-corrected chi connectivity index (χ0v) is 16.0. The van der Waals surface area contributed by atoms with Crippen LogP contribution in [-0.4, -0.2) is 4.92 Å². The molecule has 6 heteroatoms. The summed E-state index contributed by atoms with van der Waals surface area (Å²) >= 11 is 0. The van der Waals surface area contributed by atoms with Crippen LogP contribution in [0.3, 0.4) is 0 Å². The Kier molecular flexibility index (Phi) is 5.57. The van der Waals surface area contributed by atoms with Crippen LogP contribution in [0.25, 0.3) is 10.8 Å². The molecule has 30 heavy (non-hydrogen) atoms. The Morgan fingerprint density at radius 2 is 1.73 bits per heavy atom. The molecule has 0 saturated carbocycles. The number of ether oxygens (including phenoxy) is 1. The number of hydrogen-bond acceptors (Lipinski definition) is 4. The molecular formula is C24H19FN2O3. The van der Waals surface area contributed by atoms with Crippen molar-refractivity contribution in [1.29, 1.82) is 0 Å². The van der Waals surface area contributed by atoms with Crippen LogP contribution >= 0.6 is 0 Å². The number of anilines is 1. The Morgan fingerprint density at radius 3 is 2.53 bits per heavy atom. The maximum Gasteiger partial charge on any atom is 0.271 e. The van der Waals surface area contributed by atoms with Gasteiger partial charge in [0, 0.05) is 29.9 Å². The Bertz CT molecular complexity index is 1190. The van der Waals surface area contributed by atoms with Gasteiger partial charge in [0.25, 0.3) is 5.69 Å². The van der Waals surface area contributed by atoms with Gasteiger partial charge in [0.1, 0.15) is 18.2 Å². The van der Waals surface area contributed by atoms with E-state index >= 15 is 0 Å². The lowest BCUT2D eigenvalue weighted by Gasteiger charge is -2.16. The van der Waals surface area contributed by atoms with Crippen molar-refractivity contribution in [2.24, 2.45) is 0 Å². The maximum absolute atomic E-state index is 13.1. The predicted octanol–water partition coefficient (Wildman–Crippen LogP) is 6.08. The second kappa shape index (κ2) is 8.61. The zero-order chi connectivity index (χ0) is 20.9. The van der Waals surface area contributed by atoms with E-state index in [4.69, 9.17) is 4.74 Å². The molecule has 4 aromatic carbocycles. The van der Waals surface area contributed by atoms with E-state index in [1.807, 2.05) is 36.4 Å². The molecule has 0 aliphatic rings. The summed E-state index contributed by atoms with van der Waals surface area (Å²) in [7, 11) is 0. The molecule has 0 amide bonds. The summed E-state index contributed by atoms with van der Waals surface area (Å²) < 4.78 is 19.2. The molecule has 0 aliphatic heterocycles. The van der Waals surface area contributed by atoms with E-state index in [9.17, 15) is 14.5 Å². The highest BCUT2D eigenvalue weighted by Gasteiger charge is 2.11. The zero-order valence-electron chi connectivity index (χ0n) is 16.0. The van der Waals surface area contributed by atoms with Gasteiger partial charge >= 0.3 is 0 Å². The van der Waals surface area contributed by atoms with Gasteiger partial charge in [-0.05, 0) is 40.6 Å². The van der Waals surface area contributed by atoms with Crippen LogP contribution in [0.5, 0.6) is 5.75 Å². The van der Waals surface area contributed by atoms with Crippen molar-refractivity contribution in [3.63, 3.8) is 0 Å². The fourth-order valence-corrected chi connectivity index (χ4v) is 3.30. The van der Waals surface area contributed by atoms with E-state index < -0.39 is 4.92 Å². The average molecular weight is 402 g/mol. The summed E-state index contributed by atoms with van der Waals surface area (Å²) in [5.74, 6) is 0.419. The quantitative estimate of drug-likeness (QED) is 0.301. The summed E-state index contributed by atoms with van der Waals surface area (Å²) in [5, 5.41) is 16.4. The largest absolute Gasteiger partial charge is 0.489 e. The minimum Gasteiger partial charge on any atom is -0.489 e. The highest BCUT2D eigenvalue weighted by molar-refractivity contribution is 5.88. The summed E-state index contributed by atoms with van der Waals surface area (Å²) in [6.45, 7) is 0.740. The molecule has 4 aromatic rings. The number of nitro groups is 1. The Hall–Kier alpha value is -3.93. The van der Waals surface area contributed by atoms with Crippen LogP contribution in [0.1, 0.15) is 11.1 Å². The molecular weight excluding hydrogens is 383 g/mol. The predicted molar refractivity (Wildman–Crippen MR) is 115 cm³/mol. The third-order valence-electron chi connectivity index (χ3n) is 4.83. The Morgan fingerprint density at radius 1 is 0.933 bits per heavy atom. The molecule has 5 nitrogen and oxygen atoms in total. The van der Waals surface area contributed by atoms with Crippen molar-refractivity contribution in [2.75, 3.05) is 5.32 Å². The number of non-ortho nitro benzene ring substituents is 1. The number of nitrogens with one attached hydrogen (secondary N) is 1. The first-order valence-electron chi connectivity index (χ1n) is 9.46. The number of nitrogens with zero attached hydrogens (tertiary/aromatic N) is 1. The molecule has 0 saturated heterocycles. The SMILES string of the molecule is O=[N+]([O-])c1cccc(NCc2c(OCc3ccc(F)cc3)ccc3ccccc23)c1. The van der Waals surface area contributed by atoms with Crippen LogP contribution < -0.4 is 10.1 Å². The molecule has 0 radical (unpaired) electrons. The molecule has 0 aromatic heterocycles. The first kappa shape index (κ1) is 19.4. The van der Waals surface area contributed by atoms with Gasteiger partial charge in [0.2, 0.25) is 0 Å². The van der Waals surface area contributed by atoms with Crippen LogP contribution in [0, 0.1) is 15.9 Å². The topological polar surface area (TPSA) is 64.4 Å². The third kappa shape index (κ3) is 4.38. The fraction of sp³-hybridized carbons (Fsp3) is 0.0833. The lowest BCUT2D eigenvalue weighted by molar-refractivity contribution is -0.384. The number of halogens is 1. The van der Waals surface area contributed by atoms with Gasteiger partial charge < -0.3 is 10.1 Å². The third-order valence-corrected chi connectivity index (χ3v) is 4.83. The van der Waals surface area contributed by atoms with Crippen LogP contribution in [0.15, 0.2) is 84.9 Å². The molecule has 1 N–H and O–H groups in total. The Balaban J connectivity index is 1.61. The number of fused-ring (bicyclic) bond motifs is 1. The van der Waals surface area contributed by atoms with E-state index in [-0.39, 0.29) is 11.5 Å². The van der Waals surface area contributed by atoms with Crippen LogP contribution in [-0.2, 0) is 13.2 Å². The lowest BCUT2D eigenvalue weighted by atomic mass is 10.0. The van der Waals surface area contributed by atoms with Gasteiger partial charge in [-0.3, -0.25) is 10.1 Å². The van der Waals surface area contributed by atoms with Gasteiger partial charge in [-0.1, -0.05) is 48.5 Å². The maximum atomic E-state index is 13.1. The smallest absolute Gasteiger partial charge is 0.271 e.